The Morgan fingerprint density at radius 2 is 2.00 bits per heavy atom. The fourth-order valence-corrected chi connectivity index (χ4v) is 2.59. The van der Waals surface area contributed by atoms with Crippen molar-refractivity contribution < 1.29 is 14.0 Å². The third kappa shape index (κ3) is 3.71. The highest BCUT2D eigenvalue weighted by Crippen LogP contribution is 2.15. The third-order valence-corrected chi connectivity index (χ3v) is 3.96. The molecule has 0 radical (unpaired) electrons. The van der Waals surface area contributed by atoms with Crippen molar-refractivity contribution in [3.05, 3.63) is 54.1 Å². The summed E-state index contributed by atoms with van der Waals surface area (Å²) in [4.78, 5) is 24.7. The highest BCUT2D eigenvalue weighted by molar-refractivity contribution is 5.95. The second kappa shape index (κ2) is 7.21. The molecule has 1 aromatic carbocycles. The van der Waals surface area contributed by atoms with Gasteiger partial charge in [-0.25, -0.2) is 0 Å². The smallest absolute Gasteiger partial charge is 0.287 e. The Morgan fingerprint density at radius 3 is 2.72 bits per heavy atom. The van der Waals surface area contributed by atoms with Crippen LogP contribution >= 0.6 is 0 Å². The molecule has 0 saturated carbocycles. The monoisotopic (exact) mass is 340 g/mol. The second-order valence-corrected chi connectivity index (χ2v) is 6.11. The number of nitrogens with zero attached hydrogens (tertiary/aromatic N) is 1. The molecule has 2 aromatic heterocycles. The van der Waals surface area contributed by atoms with E-state index in [9.17, 15) is 9.59 Å². The molecule has 25 heavy (non-hydrogen) atoms. The Morgan fingerprint density at radius 1 is 1.20 bits per heavy atom. The van der Waals surface area contributed by atoms with Crippen LogP contribution in [0.5, 0.6) is 0 Å². The maximum Gasteiger partial charge on any atom is 0.287 e. The van der Waals surface area contributed by atoms with Gasteiger partial charge < -0.3 is 15.1 Å². The number of carbonyl (C=O) groups is 2. The van der Waals surface area contributed by atoms with Gasteiger partial charge in [-0.05, 0) is 24.1 Å². The first kappa shape index (κ1) is 16.8. The van der Waals surface area contributed by atoms with Crippen LogP contribution in [0.2, 0.25) is 0 Å². The van der Waals surface area contributed by atoms with Gasteiger partial charge >= 0.3 is 0 Å². The summed E-state index contributed by atoms with van der Waals surface area (Å²) in [7, 11) is 0. The van der Waals surface area contributed by atoms with E-state index in [0.29, 0.717) is 6.54 Å². The van der Waals surface area contributed by atoms with Gasteiger partial charge in [0, 0.05) is 5.39 Å². The molecule has 0 saturated heterocycles. The number of para-hydroxylation sites is 1. The van der Waals surface area contributed by atoms with Crippen LogP contribution in [0.4, 0.5) is 0 Å². The lowest BCUT2D eigenvalue weighted by Gasteiger charge is -2.21. The minimum Gasteiger partial charge on any atom is -0.459 e. The molecule has 3 N–H and O–H groups in total. The Hall–Kier alpha value is -3.09. The Balaban J connectivity index is 1.66. The van der Waals surface area contributed by atoms with Gasteiger partial charge in [0.25, 0.3) is 5.91 Å². The molecular weight excluding hydrogens is 320 g/mol. The van der Waals surface area contributed by atoms with Gasteiger partial charge in [0.05, 0.1) is 24.0 Å². The Labute approximate surface area is 144 Å². The fraction of sp³-hybridized carbons (Fsp3) is 0.278. The van der Waals surface area contributed by atoms with E-state index >= 15 is 0 Å². The van der Waals surface area contributed by atoms with Crippen LogP contribution in [-0.4, -0.2) is 28.1 Å². The van der Waals surface area contributed by atoms with Gasteiger partial charge in [-0.1, -0.05) is 32.0 Å². The highest BCUT2D eigenvalue weighted by atomic mass is 16.3. The molecule has 0 unspecified atom stereocenters. The average Bonchev–Trinajstić information content (AvgIpc) is 3.27. The minimum atomic E-state index is -0.660. The Bertz CT molecular complexity index is 867. The van der Waals surface area contributed by atoms with E-state index in [0.717, 1.165) is 16.6 Å². The third-order valence-electron chi connectivity index (χ3n) is 3.96. The summed E-state index contributed by atoms with van der Waals surface area (Å²) >= 11 is 0. The maximum atomic E-state index is 12.5. The second-order valence-electron chi connectivity index (χ2n) is 6.11. The number of nitrogens with one attached hydrogen (secondary N) is 3. The molecular formula is C18H20N4O3. The zero-order chi connectivity index (χ0) is 17.8. The fourth-order valence-electron chi connectivity index (χ4n) is 2.59. The number of benzene rings is 1. The minimum absolute atomic E-state index is 0.0718. The maximum absolute atomic E-state index is 12.5. The lowest BCUT2D eigenvalue weighted by Crippen LogP contribution is -2.49. The predicted molar refractivity (Wildman–Crippen MR) is 92.7 cm³/mol. The molecule has 0 aliphatic rings. The number of fused-ring (bicyclic) bond motifs is 1. The number of carbonyl (C=O) groups excluding carboxylic acids is 2. The van der Waals surface area contributed by atoms with Crippen molar-refractivity contribution in [1.29, 1.82) is 0 Å². The van der Waals surface area contributed by atoms with Crippen LogP contribution in [0.25, 0.3) is 10.9 Å². The van der Waals surface area contributed by atoms with E-state index in [1.165, 1.54) is 6.26 Å². The molecule has 0 fully saturated rings. The number of aromatic nitrogens is 2. The average molecular weight is 340 g/mol. The topological polar surface area (TPSA) is 100 Å². The van der Waals surface area contributed by atoms with Crippen molar-refractivity contribution in [3.63, 3.8) is 0 Å². The van der Waals surface area contributed by atoms with Crippen molar-refractivity contribution in [2.45, 2.75) is 26.4 Å². The van der Waals surface area contributed by atoms with Gasteiger partial charge in [-0.2, -0.15) is 5.10 Å². The van der Waals surface area contributed by atoms with Crippen molar-refractivity contribution >= 4 is 22.7 Å². The number of furan rings is 1. The molecule has 0 aliphatic carbocycles. The van der Waals surface area contributed by atoms with Crippen LogP contribution in [-0.2, 0) is 11.3 Å². The summed E-state index contributed by atoms with van der Waals surface area (Å²) in [5.74, 6) is -0.560. The standard InChI is InChI=1S/C18H20N4O3/c1-11(2)16(20-17(23)15-8-5-9-25-15)18(24)19-10-14-12-6-3-4-7-13(12)21-22-14/h3-9,11,16H,10H2,1-2H3,(H,19,24)(H,20,23)(H,21,22)/t16-/m1/s1. The lowest BCUT2D eigenvalue weighted by molar-refractivity contribution is -0.124. The van der Waals surface area contributed by atoms with Crippen molar-refractivity contribution in [2.24, 2.45) is 5.92 Å². The molecule has 1 atom stereocenters. The zero-order valence-electron chi connectivity index (χ0n) is 14.1. The summed E-state index contributed by atoms with van der Waals surface area (Å²) in [6, 6.07) is 10.2. The normalized spacial score (nSPS) is 12.3. The molecule has 0 spiro atoms. The molecule has 0 aliphatic heterocycles. The van der Waals surface area contributed by atoms with Crippen LogP contribution in [0.1, 0.15) is 30.1 Å². The number of rotatable bonds is 6. The van der Waals surface area contributed by atoms with Gasteiger partial charge in [0.1, 0.15) is 6.04 Å². The molecule has 3 rings (SSSR count). The van der Waals surface area contributed by atoms with E-state index in [2.05, 4.69) is 20.8 Å². The first-order valence-corrected chi connectivity index (χ1v) is 8.10. The molecule has 0 bridgehead atoms. The first-order valence-electron chi connectivity index (χ1n) is 8.10. The number of hydrogen-bond acceptors (Lipinski definition) is 4. The first-order chi connectivity index (χ1) is 12.1. The molecule has 3 aromatic rings. The van der Waals surface area contributed by atoms with E-state index in [4.69, 9.17) is 4.42 Å². The number of aromatic amines is 1. The van der Waals surface area contributed by atoms with E-state index in [1.807, 2.05) is 38.1 Å². The highest BCUT2D eigenvalue weighted by Gasteiger charge is 2.25. The summed E-state index contributed by atoms with van der Waals surface area (Å²) in [6.45, 7) is 4.05. The van der Waals surface area contributed by atoms with Crippen LogP contribution < -0.4 is 10.6 Å². The van der Waals surface area contributed by atoms with Gasteiger partial charge in [0.15, 0.2) is 5.76 Å². The van der Waals surface area contributed by atoms with Crippen LogP contribution in [0.15, 0.2) is 47.1 Å². The SMILES string of the molecule is CC(C)[C@@H](NC(=O)c1ccco1)C(=O)NCc1[nH]nc2ccccc12. The van der Waals surface area contributed by atoms with Gasteiger partial charge in [-0.3, -0.25) is 14.7 Å². The lowest BCUT2D eigenvalue weighted by atomic mass is 10.0. The molecule has 2 amide bonds. The van der Waals surface area contributed by atoms with Crippen LogP contribution in [0, 0.1) is 5.92 Å². The predicted octanol–water partition coefficient (Wildman–Crippen LogP) is 2.23. The van der Waals surface area contributed by atoms with Crippen molar-refractivity contribution in [3.8, 4) is 0 Å². The molecule has 7 heteroatoms. The Kier molecular flexibility index (Phi) is 4.83. The van der Waals surface area contributed by atoms with Crippen molar-refractivity contribution in [1.82, 2.24) is 20.8 Å². The molecule has 130 valence electrons. The van der Waals surface area contributed by atoms with E-state index in [-0.39, 0.29) is 17.6 Å². The van der Waals surface area contributed by atoms with E-state index in [1.54, 1.807) is 12.1 Å². The molecule has 2 heterocycles. The molecule has 7 nitrogen and oxygen atoms in total. The van der Waals surface area contributed by atoms with E-state index < -0.39 is 11.9 Å². The largest absolute Gasteiger partial charge is 0.459 e. The quantitative estimate of drug-likeness (QED) is 0.640. The van der Waals surface area contributed by atoms with Gasteiger partial charge in [0.2, 0.25) is 5.91 Å². The van der Waals surface area contributed by atoms with Gasteiger partial charge in [-0.15, -0.1) is 0 Å². The number of H-pyrrole nitrogens is 1. The summed E-state index contributed by atoms with van der Waals surface area (Å²) in [5.41, 5.74) is 1.67. The zero-order valence-corrected chi connectivity index (χ0v) is 14.1. The number of hydrogen-bond donors (Lipinski definition) is 3. The summed E-state index contributed by atoms with van der Waals surface area (Å²) in [5, 5.41) is 13.7. The summed E-state index contributed by atoms with van der Waals surface area (Å²) < 4.78 is 5.07. The summed E-state index contributed by atoms with van der Waals surface area (Å²) in [6.07, 6.45) is 1.42. The van der Waals surface area contributed by atoms with Crippen LogP contribution in [0.3, 0.4) is 0 Å². The van der Waals surface area contributed by atoms with Crippen molar-refractivity contribution in [2.75, 3.05) is 0 Å². The number of amides is 2.